The first-order valence-corrected chi connectivity index (χ1v) is 13.0. The zero-order chi connectivity index (χ0) is 28.5. The van der Waals surface area contributed by atoms with E-state index < -0.39 is 64.4 Å². The number of halogens is 1. The molecule has 38 heavy (non-hydrogen) atoms. The molecule has 6 atom stereocenters. The Kier molecular flexibility index (Phi) is 7.10. The number of aromatic hydroxyl groups is 1. The third-order valence-electron chi connectivity index (χ3n) is 8.06. The van der Waals surface area contributed by atoms with Gasteiger partial charge in [0.2, 0.25) is 5.91 Å². The van der Waals surface area contributed by atoms with E-state index in [0.717, 1.165) is 0 Å². The molecule has 1 aromatic rings. The quantitative estimate of drug-likeness (QED) is 0.387. The lowest BCUT2D eigenvalue weighted by atomic mass is 9.52. The minimum Gasteiger partial charge on any atom is -0.507 e. The minimum atomic E-state index is -2.75. The molecule has 3 aliphatic rings. The van der Waals surface area contributed by atoms with Crippen LogP contribution in [0, 0.1) is 29.1 Å². The van der Waals surface area contributed by atoms with E-state index in [-0.39, 0.29) is 41.1 Å². The van der Waals surface area contributed by atoms with Crippen LogP contribution in [0.15, 0.2) is 6.07 Å². The van der Waals surface area contributed by atoms with Crippen molar-refractivity contribution in [1.29, 1.82) is 0 Å². The minimum absolute atomic E-state index is 0.0180. The van der Waals surface area contributed by atoms with Gasteiger partial charge in [0.25, 0.3) is 0 Å². The fraction of sp³-hybridized carbons (Fsp3) is 0.593. The number of phenols is 1. The Morgan fingerprint density at radius 1 is 1.21 bits per heavy atom. The summed E-state index contributed by atoms with van der Waals surface area (Å²) in [6.07, 6.45) is 0.115. The molecule has 1 amide bonds. The predicted octanol–water partition coefficient (Wildman–Crippen LogP) is 0.656. The van der Waals surface area contributed by atoms with Crippen molar-refractivity contribution in [1.82, 2.24) is 10.2 Å². The van der Waals surface area contributed by atoms with Crippen molar-refractivity contribution in [2.24, 2.45) is 34.8 Å². The average molecular weight is 548 g/mol. The summed E-state index contributed by atoms with van der Waals surface area (Å²) in [5, 5.41) is 26.2. The highest BCUT2D eigenvalue weighted by molar-refractivity contribution is 6.34. The summed E-state index contributed by atoms with van der Waals surface area (Å²) in [5.41, 5.74) is 3.23. The summed E-state index contributed by atoms with van der Waals surface area (Å²) < 4.78 is 0. The van der Waals surface area contributed by atoms with Crippen LogP contribution in [-0.2, 0) is 32.1 Å². The zero-order valence-corrected chi connectivity index (χ0v) is 22.9. The molecule has 11 heteroatoms. The molecule has 0 aliphatic heterocycles. The van der Waals surface area contributed by atoms with Gasteiger partial charge in [-0.05, 0) is 49.9 Å². The van der Waals surface area contributed by atoms with E-state index in [1.807, 2.05) is 20.8 Å². The number of carbonyl (C=O) groups is 5. The van der Waals surface area contributed by atoms with E-state index >= 15 is 0 Å². The highest BCUT2D eigenvalue weighted by Crippen LogP contribution is 2.51. The molecule has 0 aromatic heterocycles. The number of hydrogen-bond donors (Lipinski definition) is 4. The van der Waals surface area contributed by atoms with Crippen molar-refractivity contribution >= 4 is 40.6 Å². The van der Waals surface area contributed by atoms with Crippen LogP contribution in [-0.4, -0.2) is 76.4 Å². The average Bonchev–Trinajstić information content (AvgIpc) is 2.78. The summed E-state index contributed by atoms with van der Waals surface area (Å²) in [7, 11) is 3.08. The Balaban J connectivity index is 1.78. The standard InChI is InChI=1S/C27H34ClN3O7/c1-26(2,3)10-30-9-12-8-15(28)13-6-11-7-14-19(31(4)5)22(34)18(25(29)37)24(36)27(14,38)23(35)16(11)21(33)17(13)20(12)32/h8,11,14,16,18-19,30,32,38H,6-7,9-10H2,1-5H3,(H2,29,37)/t11-,14-,16?,18?,19-,27-/m0/s1. The Labute approximate surface area is 225 Å². The smallest absolute Gasteiger partial charge is 0.235 e. The van der Waals surface area contributed by atoms with Crippen LogP contribution in [0.5, 0.6) is 5.75 Å². The lowest BCUT2D eigenvalue weighted by Crippen LogP contribution is -2.74. The second-order valence-corrected chi connectivity index (χ2v) is 12.6. The highest BCUT2D eigenvalue weighted by Gasteiger charge is 2.69. The van der Waals surface area contributed by atoms with Gasteiger partial charge in [-0.2, -0.15) is 0 Å². The van der Waals surface area contributed by atoms with Crippen molar-refractivity contribution in [3.63, 3.8) is 0 Å². The van der Waals surface area contributed by atoms with Gasteiger partial charge in [0.1, 0.15) is 5.75 Å². The molecule has 4 rings (SSSR count). The van der Waals surface area contributed by atoms with Crippen molar-refractivity contribution in [3.8, 4) is 5.75 Å². The summed E-state index contributed by atoms with van der Waals surface area (Å²) in [6, 6.07) is 0.449. The lowest BCUT2D eigenvalue weighted by Gasteiger charge is -2.52. The lowest BCUT2D eigenvalue weighted by molar-refractivity contribution is -0.181. The summed E-state index contributed by atoms with van der Waals surface area (Å²) in [6.45, 7) is 6.98. The normalized spacial score (nSPS) is 31.2. The number of fused-ring (bicyclic) bond motifs is 3. The van der Waals surface area contributed by atoms with Gasteiger partial charge in [-0.25, -0.2) is 0 Å². The summed E-state index contributed by atoms with van der Waals surface area (Å²) in [4.78, 5) is 67.6. The van der Waals surface area contributed by atoms with Gasteiger partial charge in [0.15, 0.2) is 34.7 Å². The van der Waals surface area contributed by atoms with Crippen molar-refractivity contribution < 1.29 is 34.2 Å². The zero-order valence-electron chi connectivity index (χ0n) is 22.1. The summed E-state index contributed by atoms with van der Waals surface area (Å²) >= 11 is 6.57. The summed E-state index contributed by atoms with van der Waals surface area (Å²) in [5.74, 6) is -10.7. The second-order valence-electron chi connectivity index (χ2n) is 12.2. The molecule has 0 bridgehead atoms. The third kappa shape index (κ3) is 4.27. The molecule has 2 fully saturated rings. The van der Waals surface area contributed by atoms with E-state index in [0.29, 0.717) is 17.7 Å². The number of nitrogens with two attached hydrogens (primary N) is 1. The first-order chi connectivity index (χ1) is 17.5. The fourth-order valence-corrected chi connectivity index (χ4v) is 6.69. The molecular formula is C27H34ClN3O7. The van der Waals surface area contributed by atoms with Gasteiger partial charge in [0.05, 0.1) is 17.5 Å². The van der Waals surface area contributed by atoms with E-state index in [4.69, 9.17) is 17.3 Å². The van der Waals surface area contributed by atoms with Crippen LogP contribution in [0.1, 0.15) is 48.7 Å². The SMILES string of the molecule is CN(C)[C@@H]1C(=O)C(C(N)=O)C(=O)[C@@]2(O)C(=O)C3C(=O)c4c(O)c(CNCC(C)(C)C)cc(Cl)c4C[C@H]3C[C@@H]12. The third-order valence-corrected chi connectivity index (χ3v) is 8.39. The van der Waals surface area contributed by atoms with Gasteiger partial charge >= 0.3 is 0 Å². The van der Waals surface area contributed by atoms with Crippen molar-refractivity contribution in [2.45, 2.75) is 51.8 Å². The molecule has 2 saturated carbocycles. The van der Waals surface area contributed by atoms with E-state index in [1.54, 1.807) is 20.2 Å². The number of rotatable bonds is 5. The Morgan fingerprint density at radius 2 is 1.84 bits per heavy atom. The van der Waals surface area contributed by atoms with Crippen LogP contribution in [0.25, 0.3) is 0 Å². The molecule has 1 aromatic carbocycles. The maximum atomic E-state index is 13.9. The molecule has 3 aliphatic carbocycles. The maximum absolute atomic E-state index is 13.9. The topological polar surface area (TPSA) is 167 Å². The monoisotopic (exact) mass is 547 g/mol. The molecular weight excluding hydrogens is 514 g/mol. The Morgan fingerprint density at radius 3 is 2.39 bits per heavy atom. The number of phenolic OH excluding ortho intramolecular Hbond substituents is 1. The van der Waals surface area contributed by atoms with Gasteiger partial charge < -0.3 is 21.3 Å². The van der Waals surface area contributed by atoms with Crippen molar-refractivity contribution in [2.75, 3.05) is 20.6 Å². The van der Waals surface area contributed by atoms with Crippen LogP contribution < -0.4 is 11.1 Å². The largest absolute Gasteiger partial charge is 0.507 e. The maximum Gasteiger partial charge on any atom is 0.235 e. The number of benzene rings is 1. The van der Waals surface area contributed by atoms with E-state index in [2.05, 4.69) is 5.32 Å². The second kappa shape index (κ2) is 9.51. The molecule has 0 radical (unpaired) electrons. The Hall–Kier alpha value is -2.66. The molecule has 10 nitrogen and oxygen atoms in total. The number of hydrogen-bond acceptors (Lipinski definition) is 9. The van der Waals surface area contributed by atoms with Gasteiger partial charge in [-0.1, -0.05) is 32.4 Å². The van der Waals surface area contributed by atoms with Crippen molar-refractivity contribution in [3.05, 3.63) is 27.8 Å². The molecule has 5 N–H and O–H groups in total. The molecule has 0 heterocycles. The number of primary amides is 1. The fourth-order valence-electron chi connectivity index (χ4n) is 6.39. The van der Waals surface area contributed by atoms with Crippen LogP contribution in [0.2, 0.25) is 5.02 Å². The molecule has 0 spiro atoms. The van der Waals surface area contributed by atoms with E-state index in [9.17, 15) is 34.2 Å². The number of Topliss-reactive ketones (excluding diaryl/α,β-unsaturated/α-hetero) is 4. The van der Waals surface area contributed by atoms with Crippen LogP contribution in [0.4, 0.5) is 0 Å². The van der Waals surface area contributed by atoms with Gasteiger partial charge in [-0.3, -0.25) is 28.9 Å². The molecule has 206 valence electrons. The number of nitrogens with zero attached hydrogens (tertiary/aromatic N) is 1. The number of ketones is 4. The first kappa shape index (κ1) is 28.4. The Bertz CT molecular complexity index is 1250. The van der Waals surface area contributed by atoms with Crippen LogP contribution in [0.3, 0.4) is 0 Å². The number of carbonyl (C=O) groups excluding carboxylic acids is 5. The number of likely N-dealkylation sites (N-methyl/N-ethyl adjacent to an activating group) is 1. The highest BCUT2D eigenvalue weighted by atomic mass is 35.5. The van der Waals surface area contributed by atoms with E-state index in [1.165, 1.54) is 4.90 Å². The van der Waals surface area contributed by atoms with Gasteiger partial charge in [0, 0.05) is 29.6 Å². The van der Waals surface area contributed by atoms with Crippen LogP contribution >= 0.6 is 11.6 Å². The number of nitrogens with one attached hydrogen (secondary N) is 1. The molecule has 0 saturated heterocycles. The molecule has 2 unspecified atom stereocenters. The number of aliphatic hydroxyl groups is 1. The first-order valence-electron chi connectivity index (χ1n) is 12.6. The van der Waals surface area contributed by atoms with Gasteiger partial charge in [-0.15, -0.1) is 0 Å². The predicted molar refractivity (Wildman–Crippen MR) is 138 cm³/mol. The number of amides is 1.